The van der Waals surface area contributed by atoms with Gasteiger partial charge in [0.05, 0.1) is 174 Å². The molecule has 0 aromatic heterocycles. The Kier molecular flexibility index (Phi) is 35.5. The highest BCUT2D eigenvalue weighted by molar-refractivity contribution is 6.07. The Labute approximate surface area is 644 Å². The molecular weight excluding hydrogens is 1430 g/mol. The van der Waals surface area contributed by atoms with Crippen LogP contribution in [0.3, 0.4) is 0 Å². The summed E-state index contributed by atoms with van der Waals surface area (Å²) in [6, 6.07) is 11.5. The molecule has 5 aliphatic rings. The Balaban J connectivity index is 0.639. The second-order valence-corrected chi connectivity index (χ2v) is 28.3. The number of hydrogen-bond donors (Lipinski definition) is 3. The van der Waals surface area contributed by atoms with E-state index in [1.54, 1.807) is 60.6 Å². The Hall–Kier alpha value is -8.72. The van der Waals surface area contributed by atoms with Gasteiger partial charge >= 0.3 is 6.09 Å². The van der Waals surface area contributed by atoms with Crippen LogP contribution < -0.4 is 34.5 Å². The van der Waals surface area contributed by atoms with E-state index in [0.717, 1.165) is 22.5 Å². The van der Waals surface area contributed by atoms with E-state index in [1.807, 2.05) is 47.7 Å². The van der Waals surface area contributed by atoms with Crippen molar-refractivity contribution in [3.05, 3.63) is 94.3 Å². The lowest BCUT2D eigenvalue weighted by molar-refractivity contribution is -0.140. The lowest BCUT2D eigenvalue weighted by Crippen LogP contribution is -2.50. The number of hydrogen-bond acceptors (Lipinski definition) is 24. The van der Waals surface area contributed by atoms with E-state index in [0.29, 0.717) is 165 Å². The normalized spacial score (nSPS) is 17.8. The summed E-state index contributed by atoms with van der Waals surface area (Å²) < 4.78 is 73.9. The third-order valence-corrected chi connectivity index (χ3v) is 19.3. The first-order valence-corrected chi connectivity index (χ1v) is 38.1. The van der Waals surface area contributed by atoms with Crippen LogP contribution in [0.5, 0.6) is 23.0 Å². The molecule has 3 aromatic carbocycles. The second kappa shape index (κ2) is 45.0. The predicted octanol–water partition coefficient (Wildman–Crippen LogP) is 7.67. The molecule has 30 heteroatoms. The highest BCUT2D eigenvalue weighted by atomic mass is 16.6. The zero-order valence-corrected chi connectivity index (χ0v) is 65.1. The third-order valence-electron chi connectivity index (χ3n) is 19.3. The number of benzene rings is 3. The van der Waals surface area contributed by atoms with Crippen molar-refractivity contribution in [1.29, 1.82) is 0 Å². The molecule has 604 valence electrons. The minimum Gasteiger partial charge on any atom is -0.493 e. The van der Waals surface area contributed by atoms with Crippen LogP contribution >= 0.6 is 0 Å². The molecule has 1 fully saturated rings. The van der Waals surface area contributed by atoms with Crippen LogP contribution in [0.4, 0.5) is 16.2 Å². The number of likely N-dealkylation sites (tertiary alicyclic amines) is 1. The molecule has 7 amide bonds. The number of unbranched alkanes of at least 4 members (excludes halogenated alkanes) is 2. The van der Waals surface area contributed by atoms with E-state index in [9.17, 15) is 48.3 Å². The van der Waals surface area contributed by atoms with Gasteiger partial charge in [-0.2, -0.15) is 0 Å². The van der Waals surface area contributed by atoms with Crippen LogP contribution in [0.1, 0.15) is 138 Å². The number of aliphatic imine (C=N–C) groups is 1. The smallest absolute Gasteiger partial charge is 0.416 e. The maximum absolute atomic E-state index is 14.3. The van der Waals surface area contributed by atoms with Crippen LogP contribution in [0.2, 0.25) is 0 Å². The largest absolute Gasteiger partial charge is 0.493 e. The number of amides is 7. The van der Waals surface area contributed by atoms with Crippen molar-refractivity contribution in [2.24, 2.45) is 28.7 Å². The van der Waals surface area contributed by atoms with Gasteiger partial charge in [0.25, 0.3) is 11.8 Å². The molecule has 1 unspecified atom stereocenters. The lowest BCUT2D eigenvalue weighted by Gasteiger charge is -2.31. The van der Waals surface area contributed by atoms with E-state index >= 15 is 0 Å². The predicted molar refractivity (Wildman–Crippen MR) is 403 cm³/mol. The van der Waals surface area contributed by atoms with Gasteiger partial charge in [-0.15, -0.1) is 0 Å². The van der Waals surface area contributed by atoms with Crippen LogP contribution in [0.15, 0.2) is 77.1 Å². The van der Waals surface area contributed by atoms with Crippen LogP contribution in [-0.4, -0.2) is 250 Å². The van der Waals surface area contributed by atoms with Crippen molar-refractivity contribution in [2.45, 2.75) is 144 Å². The number of fused-ring (bicyclic) bond motifs is 4. The van der Waals surface area contributed by atoms with Gasteiger partial charge in [0.1, 0.15) is 12.4 Å². The van der Waals surface area contributed by atoms with Crippen molar-refractivity contribution >= 4 is 70.7 Å². The molecule has 30 nitrogen and oxygen atoms in total. The molecule has 110 heavy (non-hydrogen) atoms. The maximum atomic E-state index is 14.3. The minimum absolute atomic E-state index is 0.0111. The molecule has 8 rings (SSSR count). The van der Waals surface area contributed by atoms with Gasteiger partial charge in [-0.1, -0.05) is 63.1 Å². The molecule has 0 bridgehead atoms. The number of aliphatic hydroxyl groups excluding tert-OH is 1. The van der Waals surface area contributed by atoms with E-state index in [2.05, 4.69) is 15.6 Å². The number of carbonyl (C=O) groups excluding carboxylic acids is 9. The summed E-state index contributed by atoms with van der Waals surface area (Å²) in [7, 11) is 2.97. The molecule has 5 heterocycles. The number of rotatable bonds is 51. The molecule has 6 atom stereocenters. The molecule has 3 aromatic rings. The fourth-order valence-corrected chi connectivity index (χ4v) is 13.0. The minimum atomic E-state index is -1.51. The van der Waals surface area contributed by atoms with Crippen LogP contribution in [0.25, 0.3) is 0 Å². The molecule has 3 N–H and O–H groups in total. The monoisotopic (exact) mass is 1540 g/mol. The average Bonchev–Trinajstić information content (AvgIpc) is 1.60. The van der Waals surface area contributed by atoms with Crippen molar-refractivity contribution in [1.82, 2.24) is 25.3 Å². The van der Waals surface area contributed by atoms with Crippen LogP contribution in [0, 0.1) is 23.7 Å². The van der Waals surface area contributed by atoms with E-state index in [-0.39, 0.29) is 147 Å². The van der Waals surface area contributed by atoms with Gasteiger partial charge in [0.2, 0.25) is 23.6 Å². The van der Waals surface area contributed by atoms with E-state index in [1.165, 1.54) is 36.2 Å². The van der Waals surface area contributed by atoms with Gasteiger partial charge in [-0.05, 0) is 88.0 Å². The molecular formula is C80H111N7O23. The maximum Gasteiger partial charge on any atom is 0.416 e. The number of methoxy groups -OCH3 is 2. The fourth-order valence-electron chi connectivity index (χ4n) is 13.0. The molecule has 0 spiro atoms. The van der Waals surface area contributed by atoms with Crippen molar-refractivity contribution in [2.75, 3.05) is 151 Å². The third kappa shape index (κ3) is 25.9. The Morgan fingerprint density at radius 2 is 1.12 bits per heavy atom. The van der Waals surface area contributed by atoms with E-state index < -0.39 is 42.1 Å². The number of carbonyl (C=O) groups is 9. The molecule has 0 saturated carbocycles. The highest BCUT2D eigenvalue weighted by Crippen LogP contribution is 2.43. The van der Waals surface area contributed by atoms with Gasteiger partial charge in [0, 0.05) is 87.8 Å². The summed E-state index contributed by atoms with van der Waals surface area (Å²) in [5, 5.41) is 17.5. The molecule has 1 saturated heterocycles. The first-order valence-electron chi connectivity index (χ1n) is 38.1. The van der Waals surface area contributed by atoms with Gasteiger partial charge in [-0.3, -0.25) is 48.2 Å². The molecule has 0 radical (unpaired) electrons. The number of Topliss-reactive ketones (excluding diaryl/α,β-unsaturated/α-hetero) is 2. The molecule has 0 aliphatic carbocycles. The number of anilines is 1. The van der Waals surface area contributed by atoms with Crippen molar-refractivity contribution < 1.29 is 110 Å². The highest BCUT2D eigenvalue weighted by Gasteiger charge is 2.46. The first-order chi connectivity index (χ1) is 53.1. The average molecular weight is 1540 g/mol. The SMILES string of the molecule is COc1cc2c(cc1OCCCCCOc1cc3c(cc1OC)C(=O)N1C=C(C)C[C@H]1[C@H](O)N3C(=O)OCc1ccc(CC(=O)[C@H](C)NC(=O)[C@@H](CC(=O)CCOCCOCCOCCOCCOCCOCCOCCOCCNC(=O)CCN3C(=O)CC(C(C)C)C3=O)C(C)C)cc1)N=C[C@@H]1CC(C)=CN1C2=O. The fraction of sp³-hybridized carbons (Fsp3) is 0.600. The van der Waals surface area contributed by atoms with E-state index in [4.69, 9.17) is 61.6 Å². The lowest BCUT2D eigenvalue weighted by atomic mass is 9.88. The van der Waals surface area contributed by atoms with Gasteiger partial charge in [0.15, 0.2) is 35.0 Å². The van der Waals surface area contributed by atoms with Gasteiger partial charge in [-0.25, -0.2) is 9.69 Å². The van der Waals surface area contributed by atoms with Crippen molar-refractivity contribution in [3.8, 4) is 23.0 Å². The quantitative estimate of drug-likeness (QED) is 0.0360. The Morgan fingerprint density at radius 1 is 0.591 bits per heavy atom. The molecule has 5 aliphatic heterocycles. The summed E-state index contributed by atoms with van der Waals surface area (Å²) in [5.74, 6) is -1.76. The second-order valence-electron chi connectivity index (χ2n) is 28.3. The first kappa shape index (κ1) is 86.9. The summed E-state index contributed by atoms with van der Waals surface area (Å²) in [6.45, 7) is 19.4. The number of ketones is 2. The summed E-state index contributed by atoms with van der Waals surface area (Å²) >= 11 is 0. The summed E-state index contributed by atoms with van der Waals surface area (Å²) in [4.78, 5) is 129. The summed E-state index contributed by atoms with van der Waals surface area (Å²) in [5.41, 5.74) is 4.27. The number of nitrogens with zero attached hydrogens (tertiary/aromatic N) is 5. The van der Waals surface area contributed by atoms with Crippen LogP contribution in [-0.2, 0) is 84.4 Å². The summed E-state index contributed by atoms with van der Waals surface area (Å²) in [6.07, 6.45) is 6.21. The number of imide groups is 1. The standard InChI is InChI=1S/C80H111N7O23/c1-52(2)61(42-60(88)18-23-100-25-27-102-29-31-104-33-35-106-37-38-107-36-34-105-32-30-103-28-26-101-24-19-81-73(90)17-20-84-74(91)45-62(53(3)4)76(84)93)75(92)83-56(7)68(89)41-57-13-15-58(16-14-57)51-110-80(97)87-66-47-72(70(99-9)44-64(66)78(95)86-50-55(6)40-67(86)79(87)96)109-22-12-10-11-21-108-71-46-65-63(43-69(71)98-8)77(94)85-49-54(5)39-59(85)48-82-65/h13-16,43-44,46-50,52-53,56,59,61-62,67,79,96H,10-12,17-42,45,51H2,1-9H3,(H,81,90)(H,83,92)/t56-,59-,61-,62?,67-,79-/m0/s1. The van der Waals surface area contributed by atoms with Gasteiger partial charge < -0.3 is 87.1 Å². The number of nitrogens with one attached hydrogen (secondary N) is 2. The Bertz CT molecular complexity index is 3680. The van der Waals surface area contributed by atoms with Crippen molar-refractivity contribution in [3.63, 3.8) is 0 Å². The zero-order valence-electron chi connectivity index (χ0n) is 65.1. The topological polar surface area (TPSA) is 343 Å². The zero-order chi connectivity index (χ0) is 79.1. The number of aliphatic hydroxyl groups is 1. The number of ether oxygens (including phenoxy) is 13. The Morgan fingerprint density at radius 3 is 1.68 bits per heavy atom.